The molecular formula is C21H23NO4. The monoisotopic (exact) mass is 353 g/mol. The fourth-order valence-corrected chi connectivity index (χ4v) is 2.34. The molecular weight excluding hydrogens is 330 g/mol. The number of hydrogen-bond acceptors (Lipinski definition) is 4. The first-order valence-electron chi connectivity index (χ1n) is 8.43. The first-order chi connectivity index (χ1) is 12.6. The van der Waals surface area contributed by atoms with Crippen LogP contribution >= 0.6 is 0 Å². The molecule has 0 saturated carbocycles. The number of hydrogen-bond donors (Lipinski definition) is 1. The highest BCUT2D eigenvalue weighted by Gasteiger charge is 2.17. The Morgan fingerprint density at radius 3 is 2.54 bits per heavy atom. The number of para-hydroxylation sites is 1. The van der Waals surface area contributed by atoms with Gasteiger partial charge in [-0.25, -0.2) is 4.79 Å². The highest BCUT2D eigenvalue weighted by molar-refractivity contribution is 5.83. The molecule has 0 aliphatic carbocycles. The summed E-state index contributed by atoms with van der Waals surface area (Å²) in [6.07, 6.45) is 1.37. The lowest BCUT2D eigenvalue weighted by Gasteiger charge is -2.14. The molecule has 5 heteroatoms. The van der Waals surface area contributed by atoms with Gasteiger partial charge in [-0.3, -0.25) is 4.79 Å². The minimum absolute atomic E-state index is 0.259. The smallest absolute Gasteiger partial charge is 0.344 e. The Balaban J connectivity index is 1.90. The summed E-state index contributed by atoms with van der Waals surface area (Å²) in [5, 5.41) is 2.57. The van der Waals surface area contributed by atoms with Crippen molar-refractivity contribution in [2.24, 2.45) is 0 Å². The minimum Gasteiger partial charge on any atom is -0.482 e. The van der Waals surface area contributed by atoms with Crippen LogP contribution in [0.1, 0.15) is 18.1 Å². The first-order valence-corrected chi connectivity index (χ1v) is 8.43. The summed E-state index contributed by atoms with van der Waals surface area (Å²) >= 11 is 0. The predicted octanol–water partition coefficient (Wildman–Crippen LogP) is 2.89. The second-order valence-corrected chi connectivity index (χ2v) is 5.72. The maximum atomic E-state index is 11.9. The third kappa shape index (κ3) is 6.09. The maximum absolute atomic E-state index is 11.9. The molecule has 0 unspecified atom stereocenters. The summed E-state index contributed by atoms with van der Waals surface area (Å²) in [4.78, 5) is 23.6. The van der Waals surface area contributed by atoms with Gasteiger partial charge in [-0.2, -0.15) is 0 Å². The van der Waals surface area contributed by atoms with Gasteiger partial charge in [-0.05, 0) is 24.1 Å². The van der Waals surface area contributed by atoms with E-state index in [9.17, 15) is 9.59 Å². The van der Waals surface area contributed by atoms with E-state index in [0.29, 0.717) is 18.7 Å². The molecule has 2 aromatic carbocycles. The molecule has 0 spiro atoms. The Hall–Kier alpha value is -3.08. The molecule has 0 radical (unpaired) electrons. The lowest BCUT2D eigenvalue weighted by molar-refractivity contribution is -0.156. The van der Waals surface area contributed by atoms with Crippen LogP contribution in [0.15, 0.2) is 67.3 Å². The highest BCUT2D eigenvalue weighted by atomic mass is 16.6. The number of ether oxygens (including phenoxy) is 2. The molecule has 0 aliphatic heterocycles. The summed E-state index contributed by atoms with van der Waals surface area (Å²) in [5.41, 5.74) is 2.13. The van der Waals surface area contributed by atoms with Gasteiger partial charge < -0.3 is 14.8 Å². The van der Waals surface area contributed by atoms with Crippen molar-refractivity contribution in [1.29, 1.82) is 0 Å². The zero-order chi connectivity index (χ0) is 18.8. The van der Waals surface area contributed by atoms with Crippen LogP contribution in [-0.4, -0.2) is 31.1 Å². The van der Waals surface area contributed by atoms with Crippen LogP contribution in [0, 0.1) is 0 Å². The van der Waals surface area contributed by atoms with E-state index in [1.165, 1.54) is 6.92 Å². The number of rotatable bonds is 9. The Bertz CT molecular complexity index is 743. The molecule has 0 bridgehead atoms. The number of amides is 1. The van der Waals surface area contributed by atoms with Gasteiger partial charge in [0.05, 0.1) is 0 Å². The average molecular weight is 353 g/mol. The Kier molecular flexibility index (Phi) is 7.43. The molecule has 136 valence electrons. The third-order valence-corrected chi connectivity index (χ3v) is 3.65. The number of carbonyl (C=O) groups is 2. The summed E-state index contributed by atoms with van der Waals surface area (Å²) in [6.45, 7) is 5.09. The van der Waals surface area contributed by atoms with Gasteiger partial charge >= 0.3 is 5.97 Å². The van der Waals surface area contributed by atoms with Crippen LogP contribution < -0.4 is 10.1 Å². The van der Waals surface area contributed by atoms with E-state index in [2.05, 4.69) is 11.9 Å². The zero-order valence-electron chi connectivity index (χ0n) is 14.8. The average Bonchev–Trinajstić information content (AvgIpc) is 2.66. The molecule has 0 heterocycles. The van der Waals surface area contributed by atoms with Gasteiger partial charge in [0.15, 0.2) is 12.7 Å². The zero-order valence-corrected chi connectivity index (χ0v) is 14.8. The minimum atomic E-state index is -0.884. The molecule has 5 nitrogen and oxygen atoms in total. The van der Waals surface area contributed by atoms with Crippen LogP contribution in [0.2, 0.25) is 0 Å². The van der Waals surface area contributed by atoms with E-state index in [1.807, 2.05) is 54.6 Å². The van der Waals surface area contributed by atoms with E-state index >= 15 is 0 Å². The van der Waals surface area contributed by atoms with Crippen LogP contribution in [0.5, 0.6) is 5.75 Å². The third-order valence-electron chi connectivity index (χ3n) is 3.65. The molecule has 26 heavy (non-hydrogen) atoms. The Morgan fingerprint density at radius 1 is 1.12 bits per heavy atom. The molecule has 1 atom stereocenters. The molecule has 0 fully saturated rings. The van der Waals surface area contributed by atoms with Crippen molar-refractivity contribution < 1.29 is 19.1 Å². The van der Waals surface area contributed by atoms with E-state index in [0.717, 1.165) is 11.1 Å². The normalized spacial score (nSPS) is 11.3. The van der Waals surface area contributed by atoms with Crippen LogP contribution in [-0.2, 0) is 20.7 Å². The Morgan fingerprint density at radius 2 is 1.81 bits per heavy atom. The molecule has 0 aliphatic rings. The molecule has 2 rings (SSSR count). The van der Waals surface area contributed by atoms with Crippen molar-refractivity contribution in [3.8, 4) is 5.75 Å². The van der Waals surface area contributed by atoms with Gasteiger partial charge in [0.2, 0.25) is 0 Å². The van der Waals surface area contributed by atoms with Crippen molar-refractivity contribution in [2.75, 3.05) is 13.2 Å². The van der Waals surface area contributed by atoms with E-state index < -0.39 is 12.1 Å². The van der Waals surface area contributed by atoms with E-state index in [-0.39, 0.29) is 12.5 Å². The molecule has 1 amide bonds. The van der Waals surface area contributed by atoms with E-state index in [4.69, 9.17) is 9.47 Å². The standard InChI is InChI=1S/C21H23NO4/c1-3-13-22-21(24)16(2)26-20(23)15-25-19-12-8-7-11-18(19)14-17-9-5-4-6-10-17/h3-12,16H,1,13-15H2,2H3,(H,22,24)/t16-/m0/s1. The van der Waals surface area contributed by atoms with Gasteiger partial charge in [-0.15, -0.1) is 6.58 Å². The summed E-state index contributed by atoms with van der Waals surface area (Å²) < 4.78 is 10.7. The van der Waals surface area contributed by atoms with Gasteiger partial charge in [0.1, 0.15) is 5.75 Å². The second kappa shape index (κ2) is 10.0. The summed E-state index contributed by atoms with van der Waals surface area (Å²) in [5.74, 6) is -0.347. The number of esters is 1. The maximum Gasteiger partial charge on any atom is 0.344 e. The fourth-order valence-electron chi connectivity index (χ4n) is 2.34. The van der Waals surface area contributed by atoms with Crippen LogP contribution in [0.25, 0.3) is 0 Å². The van der Waals surface area contributed by atoms with Crippen molar-refractivity contribution in [2.45, 2.75) is 19.4 Å². The SMILES string of the molecule is C=CCNC(=O)[C@H](C)OC(=O)COc1ccccc1Cc1ccccc1. The fraction of sp³-hybridized carbons (Fsp3) is 0.238. The topological polar surface area (TPSA) is 64.6 Å². The summed E-state index contributed by atoms with van der Waals surface area (Å²) in [6, 6.07) is 17.5. The number of benzene rings is 2. The van der Waals surface area contributed by atoms with Crippen LogP contribution in [0.3, 0.4) is 0 Å². The molecule has 0 saturated heterocycles. The van der Waals surface area contributed by atoms with E-state index in [1.54, 1.807) is 6.08 Å². The van der Waals surface area contributed by atoms with Crippen molar-refractivity contribution in [3.05, 3.63) is 78.4 Å². The van der Waals surface area contributed by atoms with Crippen molar-refractivity contribution >= 4 is 11.9 Å². The second-order valence-electron chi connectivity index (χ2n) is 5.72. The van der Waals surface area contributed by atoms with Gasteiger partial charge in [0.25, 0.3) is 5.91 Å². The number of nitrogens with one attached hydrogen (secondary N) is 1. The van der Waals surface area contributed by atoms with Gasteiger partial charge in [0, 0.05) is 13.0 Å². The first kappa shape index (κ1) is 19.2. The molecule has 0 aromatic heterocycles. The number of carbonyl (C=O) groups excluding carboxylic acids is 2. The summed E-state index contributed by atoms with van der Waals surface area (Å²) in [7, 11) is 0. The highest BCUT2D eigenvalue weighted by Crippen LogP contribution is 2.21. The lowest BCUT2D eigenvalue weighted by atomic mass is 10.0. The largest absolute Gasteiger partial charge is 0.482 e. The quantitative estimate of drug-likeness (QED) is 0.556. The predicted molar refractivity (Wildman–Crippen MR) is 99.9 cm³/mol. The van der Waals surface area contributed by atoms with Crippen LogP contribution in [0.4, 0.5) is 0 Å². The van der Waals surface area contributed by atoms with Crippen molar-refractivity contribution in [3.63, 3.8) is 0 Å². The molecule has 1 N–H and O–H groups in total. The Labute approximate surface area is 153 Å². The van der Waals surface area contributed by atoms with Gasteiger partial charge in [-0.1, -0.05) is 54.6 Å². The van der Waals surface area contributed by atoms with Crippen molar-refractivity contribution in [1.82, 2.24) is 5.32 Å². The molecule has 2 aromatic rings. The lowest BCUT2D eigenvalue weighted by Crippen LogP contribution is -2.36.